The molecule has 6 nitrogen and oxygen atoms in total. The van der Waals surface area contributed by atoms with Gasteiger partial charge in [-0.1, -0.05) is 49.4 Å². The second-order valence-electron chi connectivity index (χ2n) is 5.47. The maximum atomic E-state index is 11.7. The molecule has 0 aliphatic rings. The molecule has 0 fully saturated rings. The predicted molar refractivity (Wildman–Crippen MR) is 93.3 cm³/mol. The number of benzene rings is 2. The molecule has 6 heteroatoms. The standard InChI is InChI=1S/C19H16N2O4/c1-2-12-7-3-4-8-13(12)14-9-5-6-10-15(14)21-11-16(22)18(23)17(20-21)19(24)25/h3-11,22H,2H2,1H3,(H,24,25). The minimum atomic E-state index is -1.49. The maximum absolute atomic E-state index is 11.7. The Morgan fingerprint density at radius 1 is 1.08 bits per heavy atom. The lowest BCUT2D eigenvalue weighted by Gasteiger charge is -2.15. The molecule has 0 saturated heterocycles. The van der Waals surface area contributed by atoms with Crippen LogP contribution in [0, 0.1) is 0 Å². The normalized spacial score (nSPS) is 10.6. The van der Waals surface area contributed by atoms with E-state index in [1.54, 1.807) is 12.1 Å². The molecule has 0 amide bonds. The molecule has 2 aromatic carbocycles. The van der Waals surface area contributed by atoms with Crippen LogP contribution in [0.4, 0.5) is 0 Å². The van der Waals surface area contributed by atoms with Crippen molar-refractivity contribution in [2.24, 2.45) is 0 Å². The van der Waals surface area contributed by atoms with Gasteiger partial charge in [0.1, 0.15) is 0 Å². The summed E-state index contributed by atoms with van der Waals surface area (Å²) in [5.41, 5.74) is 1.78. The van der Waals surface area contributed by atoms with Gasteiger partial charge in [0.05, 0.1) is 11.9 Å². The van der Waals surface area contributed by atoms with Crippen molar-refractivity contribution in [3.8, 4) is 22.6 Å². The van der Waals surface area contributed by atoms with Gasteiger partial charge in [-0.2, -0.15) is 5.10 Å². The van der Waals surface area contributed by atoms with E-state index >= 15 is 0 Å². The maximum Gasteiger partial charge on any atom is 0.360 e. The van der Waals surface area contributed by atoms with E-state index in [0.29, 0.717) is 5.69 Å². The van der Waals surface area contributed by atoms with Crippen LogP contribution in [0.1, 0.15) is 23.0 Å². The Balaban J connectivity index is 2.27. The molecule has 0 spiro atoms. The molecular weight excluding hydrogens is 320 g/mol. The first kappa shape index (κ1) is 16.4. The number of hydrogen-bond acceptors (Lipinski definition) is 4. The van der Waals surface area contributed by atoms with Crippen LogP contribution in [0.25, 0.3) is 16.8 Å². The summed E-state index contributed by atoms with van der Waals surface area (Å²) in [7, 11) is 0. The molecule has 3 aromatic rings. The summed E-state index contributed by atoms with van der Waals surface area (Å²) in [6.07, 6.45) is 1.95. The summed E-state index contributed by atoms with van der Waals surface area (Å²) in [5.74, 6) is -2.15. The van der Waals surface area contributed by atoms with Gasteiger partial charge in [-0.3, -0.25) is 4.79 Å². The van der Waals surface area contributed by atoms with Crippen LogP contribution >= 0.6 is 0 Å². The van der Waals surface area contributed by atoms with E-state index in [0.717, 1.165) is 29.3 Å². The number of hydrogen-bond donors (Lipinski definition) is 2. The number of aromatic carboxylic acids is 1. The van der Waals surface area contributed by atoms with Gasteiger partial charge < -0.3 is 10.2 Å². The number of aromatic nitrogens is 2. The average molecular weight is 336 g/mol. The highest BCUT2D eigenvalue weighted by molar-refractivity contribution is 5.85. The zero-order chi connectivity index (χ0) is 18.0. The van der Waals surface area contributed by atoms with Gasteiger partial charge >= 0.3 is 5.97 Å². The SMILES string of the molecule is CCc1ccccc1-c1ccccc1-n1cc(O)c(=O)c(C(=O)O)n1. The van der Waals surface area contributed by atoms with E-state index < -0.39 is 22.8 Å². The Bertz CT molecular complexity index is 1010. The van der Waals surface area contributed by atoms with Crippen molar-refractivity contribution in [1.29, 1.82) is 0 Å². The molecule has 126 valence electrons. The minimum Gasteiger partial charge on any atom is -0.503 e. The second-order valence-corrected chi connectivity index (χ2v) is 5.47. The third kappa shape index (κ3) is 3.01. The van der Waals surface area contributed by atoms with Gasteiger partial charge in [-0.25, -0.2) is 9.48 Å². The fraction of sp³-hybridized carbons (Fsp3) is 0.105. The number of carboxylic acid groups (broad SMARTS) is 1. The average Bonchev–Trinajstić information content (AvgIpc) is 2.63. The Hall–Kier alpha value is -3.41. The van der Waals surface area contributed by atoms with E-state index in [2.05, 4.69) is 5.10 Å². The van der Waals surface area contributed by atoms with Crippen LogP contribution in [0.3, 0.4) is 0 Å². The fourth-order valence-corrected chi connectivity index (χ4v) is 2.73. The topological polar surface area (TPSA) is 92.4 Å². The molecule has 3 rings (SSSR count). The van der Waals surface area contributed by atoms with Gasteiger partial charge in [-0.15, -0.1) is 0 Å². The van der Waals surface area contributed by atoms with Gasteiger partial charge in [0, 0.05) is 5.56 Å². The Labute approximate surface area is 143 Å². The molecule has 0 atom stereocenters. The van der Waals surface area contributed by atoms with Crippen LogP contribution in [0.5, 0.6) is 5.75 Å². The van der Waals surface area contributed by atoms with Crippen molar-refractivity contribution < 1.29 is 15.0 Å². The number of carboxylic acids is 1. The molecule has 0 aliphatic heterocycles. The summed E-state index contributed by atoms with van der Waals surface area (Å²) in [6.45, 7) is 2.05. The monoisotopic (exact) mass is 336 g/mol. The lowest BCUT2D eigenvalue weighted by molar-refractivity contribution is 0.0686. The van der Waals surface area contributed by atoms with E-state index in [1.165, 1.54) is 4.68 Å². The van der Waals surface area contributed by atoms with Crippen LogP contribution in [0.2, 0.25) is 0 Å². The number of para-hydroxylation sites is 1. The predicted octanol–water partition coefficient (Wildman–Crippen LogP) is 2.87. The van der Waals surface area contributed by atoms with Crippen LogP contribution < -0.4 is 5.43 Å². The van der Waals surface area contributed by atoms with Crippen LogP contribution in [-0.2, 0) is 6.42 Å². The van der Waals surface area contributed by atoms with Crippen molar-refractivity contribution in [3.63, 3.8) is 0 Å². The Kier molecular flexibility index (Phi) is 4.35. The van der Waals surface area contributed by atoms with Crippen molar-refractivity contribution in [3.05, 3.63) is 76.2 Å². The van der Waals surface area contributed by atoms with E-state index in [4.69, 9.17) is 5.11 Å². The number of aromatic hydroxyl groups is 1. The summed E-state index contributed by atoms with van der Waals surface area (Å²) >= 11 is 0. The fourth-order valence-electron chi connectivity index (χ4n) is 2.73. The van der Waals surface area contributed by atoms with E-state index in [1.807, 2.05) is 43.3 Å². The molecule has 0 radical (unpaired) electrons. The summed E-state index contributed by atoms with van der Waals surface area (Å²) in [6, 6.07) is 15.2. The zero-order valence-electron chi connectivity index (χ0n) is 13.5. The molecule has 0 aliphatic carbocycles. The lowest BCUT2D eigenvalue weighted by atomic mass is 9.97. The first-order valence-corrected chi connectivity index (χ1v) is 7.76. The molecule has 0 saturated carbocycles. The molecule has 25 heavy (non-hydrogen) atoms. The van der Waals surface area contributed by atoms with E-state index in [9.17, 15) is 14.7 Å². The van der Waals surface area contributed by atoms with Gasteiger partial charge in [0.2, 0.25) is 5.69 Å². The summed E-state index contributed by atoms with van der Waals surface area (Å²) < 4.78 is 1.22. The van der Waals surface area contributed by atoms with Crippen LogP contribution in [0.15, 0.2) is 59.5 Å². The van der Waals surface area contributed by atoms with Gasteiger partial charge in [-0.05, 0) is 23.6 Å². The quantitative estimate of drug-likeness (QED) is 0.764. The number of aryl methyl sites for hydroxylation is 1. The van der Waals surface area contributed by atoms with Gasteiger partial charge in [0.15, 0.2) is 5.75 Å². The summed E-state index contributed by atoms with van der Waals surface area (Å²) in [5, 5.41) is 22.8. The number of nitrogens with zero attached hydrogens (tertiary/aromatic N) is 2. The Morgan fingerprint density at radius 2 is 1.72 bits per heavy atom. The third-order valence-electron chi connectivity index (χ3n) is 3.94. The number of rotatable bonds is 4. The van der Waals surface area contributed by atoms with Crippen molar-refractivity contribution in [1.82, 2.24) is 9.78 Å². The van der Waals surface area contributed by atoms with Crippen molar-refractivity contribution in [2.45, 2.75) is 13.3 Å². The third-order valence-corrected chi connectivity index (χ3v) is 3.94. The van der Waals surface area contributed by atoms with Crippen molar-refractivity contribution >= 4 is 5.97 Å². The molecule has 0 unspecified atom stereocenters. The zero-order valence-corrected chi connectivity index (χ0v) is 13.5. The largest absolute Gasteiger partial charge is 0.503 e. The highest BCUT2D eigenvalue weighted by atomic mass is 16.4. The smallest absolute Gasteiger partial charge is 0.360 e. The number of carbonyl (C=O) groups is 1. The summed E-state index contributed by atoms with van der Waals surface area (Å²) in [4.78, 5) is 23.0. The highest BCUT2D eigenvalue weighted by Crippen LogP contribution is 2.29. The molecule has 1 aromatic heterocycles. The Morgan fingerprint density at radius 3 is 2.40 bits per heavy atom. The minimum absolute atomic E-state index is 0.571. The highest BCUT2D eigenvalue weighted by Gasteiger charge is 2.18. The second kappa shape index (κ2) is 6.60. The molecular formula is C19H16N2O4. The van der Waals surface area contributed by atoms with Gasteiger partial charge in [0.25, 0.3) is 5.43 Å². The van der Waals surface area contributed by atoms with Crippen molar-refractivity contribution in [2.75, 3.05) is 0 Å². The first-order valence-electron chi connectivity index (χ1n) is 7.76. The molecule has 2 N–H and O–H groups in total. The van der Waals surface area contributed by atoms with Crippen LogP contribution in [-0.4, -0.2) is 26.0 Å². The first-order chi connectivity index (χ1) is 12.0. The van der Waals surface area contributed by atoms with E-state index in [-0.39, 0.29) is 0 Å². The molecule has 1 heterocycles. The lowest BCUT2D eigenvalue weighted by Crippen LogP contribution is -2.21. The molecule has 0 bridgehead atoms.